The van der Waals surface area contributed by atoms with E-state index < -0.39 is 5.60 Å². The van der Waals surface area contributed by atoms with Gasteiger partial charge in [-0.1, -0.05) is 41.9 Å². The molecule has 1 amide bonds. The molecule has 0 radical (unpaired) electrons. The molecular weight excluding hydrogens is 378 g/mol. The maximum Gasteiger partial charge on any atom is 0.258 e. The molecule has 7 heteroatoms. The van der Waals surface area contributed by atoms with E-state index >= 15 is 0 Å². The fourth-order valence-corrected chi connectivity index (χ4v) is 2.69. The first-order valence-corrected chi connectivity index (χ1v) is 9.04. The molecule has 0 saturated carbocycles. The number of carbonyl (C=O) groups is 1. The van der Waals surface area contributed by atoms with Crippen LogP contribution in [0.3, 0.4) is 0 Å². The van der Waals surface area contributed by atoms with E-state index in [9.17, 15) is 9.90 Å². The Bertz CT molecular complexity index is 969. The van der Waals surface area contributed by atoms with Gasteiger partial charge in [0.15, 0.2) is 0 Å². The number of hydrogen-bond acceptors (Lipinski definition) is 5. The monoisotopic (exact) mass is 397 g/mol. The first-order valence-electron chi connectivity index (χ1n) is 8.66. The number of nitrogens with zero attached hydrogens (tertiary/aromatic N) is 2. The van der Waals surface area contributed by atoms with Crippen LogP contribution in [0.5, 0.6) is 11.6 Å². The van der Waals surface area contributed by atoms with Gasteiger partial charge in [-0.15, -0.1) is 0 Å². The molecular formula is C21H20ClN3O3. The first kappa shape index (κ1) is 19.8. The van der Waals surface area contributed by atoms with Gasteiger partial charge in [0, 0.05) is 17.8 Å². The molecule has 0 saturated heterocycles. The van der Waals surface area contributed by atoms with Gasteiger partial charge in [0.05, 0.1) is 5.60 Å². The molecule has 1 heterocycles. The van der Waals surface area contributed by atoms with Gasteiger partial charge < -0.3 is 15.2 Å². The molecule has 0 spiro atoms. The van der Waals surface area contributed by atoms with Crippen LogP contribution in [0.25, 0.3) is 0 Å². The van der Waals surface area contributed by atoms with Crippen molar-refractivity contribution in [2.45, 2.75) is 26.0 Å². The van der Waals surface area contributed by atoms with Crippen LogP contribution in [0.15, 0.2) is 61.1 Å². The molecule has 2 N–H and O–H groups in total. The van der Waals surface area contributed by atoms with E-state index in [1.54, 1.807) is 38.1 Å². The van der Waals surface area contributed by atoms with E-state index in [0.29, 0.717) is 17.3 Å². The molecule has 3 aromatic rings. The van der Waals surface area contributed by atoms with E-state index in [2.05, 4.69) is 15.3 Å². The fourth-order valence-electron chi connectivity index (χ4n) is 2.51. The number of rotatable bonds is 6. The Hall–Kier alpha value is -2.96. The third-order valence-corrected chi connectivity index (χ3v) is 4.28. The van der Waals surface area contributed by atoms with Gasteiger partial charge in [0.25, 0.3) is 5.91 Å². The highest BCUT2D eigenvalue weighted by Gasteiger charge is 2.17. The van der Waals surface area contributed by atoms with Gasteiger partial charge in [0.1, 0.15) is 17.6 Å². The predicted molar refractivity (Wildman–Crippen MR) is 106 cm³/mol. The Morgan fingerprint density at radius 3 is 2.64 bits per heavy atom. The van der Waals surface area contributed by atoms with Crippen LogP contribution in [0.4, 0.5) is 0 Å². The number of nitrogens with one attached hydrogen (secondary N) is 1. The third-order valence-electron chi connectivity index (χ3n) is 4.04. The molecule has 0 fully saturated rings. The summed E-state index contributed by atoms with van der Waals surface area (Å²) in [6.45, 7) is 3.76. The summed E-state index contributed by atoms with van der Waals surface area (Å²) in [6.07, 6.45) is 2.71. The number of halogens is 1. The predicted octanol–water partition coefficient (Wildman–Crippen LogP) is 4.08. The molecule has 1 aromatic heterocycles. The number of aliphatic hydroxyl groups is 1. The van der Waals surface area contributed by atoms with E-state index in [-0.39, 0.29) is 17.4 Å². The Balaban J connectivity index is 1.69. The largest absolute Gasteiger partial charge is 0.438 e. The van der Waals surface area contributed by atoms with Crippen molar-refractivity contribution < 1.29 is 14.6 Å². The molecule has 0 aliphatic rings. The van der Waals surface area contributed by atoms with Crippen LogP contribution in [0, 0.1) is 0 Å². The van der Waals surface area contributed by atoms with Crippen molar-refractivity contribution in [3.63, 3.8) is 0 Å². The molecule has 0 aliphatic carbocycles. The molecule has 0 bridgehead atoms. The lowest BCUT2D eigenvalue weighted by atomic mass is 9.97. The minimum atomic E-state index is -0.907. The highest BCUT2D eigenvalue weighted by molar-refractivity contribution is 6.30. The fraction of sp³-hybridized carbons (Fsp3) is 0.190. The zero-order valence-corrected chi connectivity index (χ0v) is 16.3. The third kappa shape index (κ3) is 5.06. The average Bonchev–Trinajstić information content (AvgIpc) is 2.66. The molecule has 6 nitrogen and oxygen atoms in total. The van der Waals surface area contributed by atoms with Gasteiger partial charge in [-0.25, -0.2) is 9.97 Å². The van der Waals surface area contributed by atoms with Crippen molar-refractivity contribution in [2.24, 2.45) is 0 Å². The summed E-state index contributed by atoms with van der Waals surface area (Å²) in [6, 6.07) is 14.2. The van der Waals surface area contributed by atoms with E-state index in [4.69, 9.17) is 16.3 Å². The number of hydrogen-bond donors (Lipinski definition) is 2. The van der Waals surface area contributed by atoms with Crippen molar-refractivity contribution in [3.05, 3.63) is 82.8 Å². The Morgan fingerprint density at radius 2 is 1.96 bits per heavy atom. The second-order valence-corrected chi connectivity index (χ2v) is 7.18. The van der Waals surface area contributed by atoms with Gasteiger partial charge in [-0.2, -0.15) is 0 Å². The molecule has 0 atom stereocenters. The van der Waals surface area contributed by atoms with Crippen molar-refractivity contribution in [1.29, 1.82) is 0 Å². The lowest BCUT2D eigenvalue weighted by Crippen LogP contribution is -2.24. The van der Waals surface area contributed by atoms with Crippen LogP contribution < -0.4 is 10.1 Å². The van der Waals surface area contributed by atoms with Crippen LogP contribution >= 0.6 is 11.6 Å². The molecule has 144 valence electrons. The number of amides is 1. The Morgan fingerprint density at radius 1 is 1.21 bits per heavy atom. The smallest absolute Gasteiger partial charge is 0.258 e. The highest BCUT2D eigenvalue weighted by Crippen LogP contribution is 2.25. The zero-order chi connectivity index (χ0) is 20.1. The number of carbonyl (C=O) groups excluding carboxylic acids is 1. The summed E-state index contributed by atoms with van der Waals surface area (Å²) >= 11 is 5.96. The lowest BCUT2D eigenvalue weighted by molar-refractivity contribution is 0.0785. The number of benzene rings is 2. The molecule has 0 aliphatic heterocycles. The van der Waals surface area contributed by atoms with E-state index in [1.807, 2.05) is 24.3 Å². The normalized spacial score (nSPS) is 11.1. The van der Waals surface area contributed by atoms with Gasteiger partial charge in [0.2, 0.25) is 5.88 Å². The summed E-state index contributed by atoms with van der Waals surface area (Å²) in [5, 5.41) is 13.4. The maximum absolute atomic E-state index is 12.6. The standard InChI is InChI=1S/C21H20ClN3O3/c1-21(2,27)15-8-6-14(7-9-15)11-24-19(26)18-12-23-13-25-20(18)28-17-5-3-4-16(22)10-17/h3-10,12-13,27H,11H2,1-2H3,(H,24,26). The lowest BCUT2D eigenvalue weighted by Gasteiger charge is -2.18. The Labute approximate surface area is 168 Å². The van der Waals surface area contributed by atoms with Gasteiger partial charge in [-0.05, 0) is 43.2 Å². The van der Waals surface area contributed by atoms with E-state index in [1.165, 1.54) is 12.5 Å². The summed E-state index contributed by atoms with van der Waals surface area (Å²) < 4.78 is 5.69. The van der Waals surface area contributed by atoms with E-state index in [0.717, 1.165) is 11.1 Å². The SMILES string of the molecule is CC(C)(O)c1ccc(CNC(=O)c2cncnc2Oc2cccc(Cl)c2)cc1. The molecule has 3 rings (SSSR count). The average molecular weight is 398 g/mol. The van der Waals surface area contributed by atoms with Crippen LogP contribution in [0.1, 0.15) is 35.3 Å². The second kappa shape index (κ2) is 8.37. The van der Waals surface area contributed by atoms with Crippen molar-refractivity contribution in [2.75, 3.05) is 0 Å². The maximum atomic E-state index is 12.6. The number of aromatic nitrogens is 2. The highest BCUT2D eigenvalue weighted by atomic mass is 35.5. The summed E-state index contributed by atoms with van der Waals surface area (Å²) in [7, 11) is 0. The Kier molecular flexibility index (Phi) is 5.92. The summed E-state index contributed by atoms with van der Waals surface area (Å²) in [5.74, 6) is 0.263. The van der Waals surface area contributed by atoms with Crippen molar-refractivity contribution >= 4 is 17.5 Å². The van der Waals surface area contributed by atoms with Gasteiger partial charge >= 0.3 is 0 Å². The van der Waals surface area contributed by atoms with Crippen LogP contribution in [-0.4, -0.2) is 21.0 Å². The van der Waals surface area contributed by atoms with Crippen molar-refractivity contribution in [3.8, 4) is 11.6 Å². The first-order chi connectivity index (χ1) is 13.3. The summed E-state index contributed by atoms with van der Waals surface area (Å²) in [5.41, 5.74) is 1.01. The van der Waals surface area contributed by atoms with Crippen molar-refractivity contribution in [1.82, 2.24) is 15.3 Å². The second-order valence-electron chi connectivity index (χ2n) is 6.74. The van der Waals surface area contributed by atoms with Crippen LogP contribution in [0.2, 0.25) is 5.02 Å². The topological polar surface area (TPSA) is 84.3 Å². The molecule has 0 unspecified atom stereocenters. The zero-order valence-electron chi connectivity index (χ0n) is 15.5. The van der Waals surface area contributed by atoms with Gasteiger partial charge in [-0.3, -0.25) is 4.79 Å². The quantitative estimate of drug-likeness (QED) is 0.654. The molecule has 28 heavy (non-hydrogen) atoms. The minimum Gasteiger partial charge on any atom is -0.438 e. The summed E-state index contributed by atoms with van der Waals surface area (Å²) in [4.78, 5) is 20.6. The molecule has 2 aromatic carbocycles. The van der Waals surface area contributed by atoms with Crippen LogP contribution in [-0.2, 0) is 12.1 Å². The minimum absolute atomic E-state index is 0.146. The number of ether oxygens (including phenoxy) is 1.